The highest BCUT2D eigenvalue weighted by atomic mass is 16.3. The Morgan fingerprint density at radius 3 is 2.44 bits per heavy atom. The predicted molar refractivity (Wildman–Crippen MR) is 131 cm³/mol. The third-order valence-electron chi connectivity index (χ3n) is 8.34. The van der Waals surface area contributed by atoms with Crippen molar-refractivity contribution >= 4 is 23.2 Å². The van der Waals surface area contributed by atoms with E-state index in [1.807, 2.05) is 17.0 Å². The quantitative estimate of drug-likeness (QED) is 0.461. The number of nitrogens with zero attached hydrogens (tertiary/aromatic N) is 5. The first kappa shape index (κ1) is 23.1. The minimum atomic E-state index is -0.836. The second-order valence-corrected chi connectivity index (χ2v) is 10.4. The van der Waals surface area contributed by atoms with Crippen LogP contribution in [-0.2, 0) is 10.4 Å². The van der Waals surface area contributed by atoms with Gasteiger partial charge in [-0.1, -0.05) is 6.07 Å². The van der Waals surface area contributed by atoms with E-state index in [0.717, 1.165) is 43.2 Å². The van der Waals surface area contributed by atoms with E-state index in [1.165, 1.54) is 11.4 Å². The number of hydrogen-bond acceptors (Lipinski definition) is 8. The average Bonchev–Trinajstić information content (AvgIpc) is 3.40. The van der Waals surface area contributed by atoms with Crippen LogP contribution in [0.2, 0.25) is 0 Å². The summed E-state index contributed by atoms with van der Waals surface area (Å²) in [5, 5.41) is 24.4. The first-order valence-electron chi connectivity index (χ1n) is 12.6. The molecule has 3 fully saturated rings. The first-order valence-corrected chi connectivity index (χ1v) is 12.6. The SMILES string of the molecule is CC(=O)c1c(C2C[C@H]3CC[C@@H](C2)N3C(=O)CO)nc2c(-c3ccc(C4(O)CCC4)nc3)cnn2c1N. The van der Waals surface area contributed by atoms with E-state index in [2.05, 4.69) is 10.1 Å². The Kier molecular flexibility index (Phi) is 5.34. The maximum atomic E-state index is 12.7. The molecule has 1 unspecified atom stereocenters. The molecular weight excluding hydrogens is 460 g/mol. The number of rotatable bonds is 5. The molecule has 1 saturated carbocycles. The van der Waals surface area contributed by atoms with Crippen LogP contribution in [0.3, 0.4) is 0 Å². The molecule has 10 heteroatoms. The smallest absolute Gasteiger partial charge is 0.248 e. The number of fused-ring (bicyclic) bond motifs is 3. The maximum absolute atomic E-state index is 12.7. The minimum Gasteiger partial charge on any atom is -0.387 e. The zero-order valence-corrected chi connectivity index (χ0v) is 20.2. The first-order chi connectivity index (χ1) is 17.3. The molecule has 10 nitrogen and oxygen atoms in total. The van der Waals surface area contributed by atoms with Crippen molar-refractivity contribution in [1.29, 1.82) is 0 Å². The molecule has 3 aromatic heterocycles. The summed E-state index contributed by atoms with van der Waals surface area (Å²) in [6.07, 6.45) is 8.92. The zero-order valence-electron chi connectivity index (χ0n) is 20.2. The van der Waals surface area contributed by atoms with Crippen LogP contribution in [0.25, 0.3) is 16.8 Å². The van der Waals surface area contributed by atoms with Crippen molar-refractivity contribution in [2.75, 3.05) is 12.3 Å². The van der Waals surface area contributed by atoms with Crippen molar-refractivity contribution in [3.63, 3.8) is 0 Å². The Bertz CT molecular complexity index is 1350. The van der Waals surface area contributed by atoms with E-state index in [0.29, 0.717) is 35.4 Å². The van der Waals surface area contributed by atoms with E-state index in [1.54, 1.807) is 12.4 Å². The Morgan fingerprint density at radius 1 is 1.17 bits per heavy atom. The number of nitrogens with two attached hydrogens (primary N) is 1. The van der Waals surface area contributed by atoms with Crippen LogP contribution < -0.4 is 5.73 Å². The number of carbonyl (C=O) groups is 2. The van der Waals surface area contributed by atoms with Crippen LogP contribution in [0.15, 0.2) is 24.5 Å². The van der Waals surface area contributed by atoms with Gasteiger partial charge in [-0.05, 0) is 57.9 Å². The number of hydrogen-bond donors (Lipinski definition) is 3. The molecule has 0 radical (unpaired) electrons. The molecule has 1 amide bonds. The Labute approximate surface area is 208 Å². The van der Waals surface area contributed by atoms with Crippen LogP contribution >= 0.6 is 0 Å². The third kappa shape index (κ3) is 3.42. The second kappa shape index (κ2) is 8.35. The van der Waals surface area contributed by atoms with Gasteiger partial charge in [-0.25, -0.2) is 4.98 Å². The number of nitrogen functional groups attached to an aromatic ring is 1. The third-order valence-corrected chi connectivity index (χ3v) is 8.34. The lowest BCUT2D eigenvalue weighted by Gasteiger charge is -2.39. The molecule has 3 aromatic rings. The van der Waals surface area contributed by atoms with Crippen molar-refractivity contribution < 1.29 is 19.8 Å². The van der Waals surface area contributed by atoms with Gasteiger partial charge in [0.2, 0.25) is 5.91 Å². The largest absolute Gasteiger partial charge is 0.387 e. The molecule has 1 aliphatic carbocycles. The van der Waals surface area contributed by atoms with Gasteiger partial charge < -0.3 is 20.8 Å². The highest BCUT2D eigenvalue weighted by Crippen LogP contribution is 2.45. The number of anilines is 1. The van der Waals surface area contributed by atoms with E-state index < -0.39 is 12.2 Å². The van der Waals surface area contributed by atoms with Gasteiger partial charge in [-0.3, -0.25) is 14.6 Å². The molecule has 0 spiro atoms. The zero-order chi connectivity index (χ0) is 25.2. The number of Topliss-reactive ketones (excluding diaryl/α,β-unsaturated/α-hetero) is 1. The summed E-state index contributed by atoms with van der Waals surface area (Å²) in [5.41, 5.74) is 9.45. The summed E-state index contributed by atoms with van der Waals surface area (Å²) in [7, 11) is 0. The second-order valence-electron chi connectivity index (χ2n) is 10.4. The molecule has 3 atom stereocenters. The van der Waals surface area contributed by atoms with Crippen LogP contribution in [0.4, 0.5) is 5.82 Å². The Balaban J connectivity index is 1.41. The number of aliphatic hydroxyl groups excluding tert-OH is 1. The summed E-state index contributed by atoms with van der Waals surface area (Å²) in [6, 6.07) is 3.79. The fraction of sp³-hybridized carbons (Fsp3) is 0.500. The number of aromatic nitrogens is 4. The van der Waals surface area contributed by atoms with Gasteiger partial charge in [0.15, 0.2) is 11.4 Å². The van der Waals surface area contributed by atoms with Crippen molar-refractivity contribution in [3.05, 3.63) is 41.5 Å². The van der Waals surface area contributed by atoms with E-state index in [4.69, 9.17) is 10.7 Å². The van der Waals surface area contributed by atoms with Gasteiger partial charge in [0.05, 0.1) is 23.1 Å². The summed E-state index contributed by atoms with van der Waals surface area (Å²) in [6.45, 7) is 0.997. The number of pyridine rings is 1. The molecular formula is C26H30N6O4. The average molecular weight is 491 g/mol. The van der Waals surface area contributed by atoms with Crippen LogP contribution in [0.1, 0.15) is 79.5 Å². The number of ketones is 1. The number of piperidine rings is 1. The summed E-state index contributed by atoms with van der Waals surface area (Å²) in [4.78, 5) is 36.3. The Hall–Kier alpha value is -3.37. The van der Waals surface area contributed by atoms with E-state index in [9.17, 15) is 19.8 Å². The van der Waals surface area contributed by atoms with Crippen molar-refractivity contribution in [2.24, 2.45) is 0 Å². The topological polar surface area (TPSA) is 147 Å². The monoisotopic (exact) mass is 490 g/mol. The van der Waals surface area contributed by atoms with Crippen molar-refractivity contribution in [2.45, 2.75) is 75.5 Å². The maximum Gasteiger partial charge on any atom is 0.248 e. The summed E-state index contributed by atoms with van der Waals surface area (Å²) >= 11 is 0. The molecule has 5 heterocycles. The van der Waals surface area contributed by atoms with E-state index >= 15 is 0 Å². The van der Waals surface area contributed by atoms with Gasteiger partial charge in [-0.2, -0.15) is 9.61 Å². The van der Waals surface area contributed by atoms with Crippen LogP contribution in [0.5, 0.6) is 0 Å². The molecule has 6 rings (SSSR count). The lowest BCUT2D eigenvalue weighted by atomic mass is 9.77. The standard InChI is InChI=1S/C26H30N6O4/c1-14(34)22-23(16-9-17-4-5-18(10-16)31(17)21(35)13-33)30-25-19(12-29-32(25)24(22)27)15-3-6-20(28-11-15)26(36)7-2-8-26/h3,6,11-12,16-18,33,36H,2,4-5,7-10,13,27H2,1H3/t16?,17-,18+. The molecule has 4 N–H and O–H groups in total. The minimum absolute atomic E-state index is 0.0193. The molecule has 36 heavy (non-hydrogen) atoms. The van der Waals surface area contributed by atoms with Crippen LogP contribution in [0, 0.1) is 0 Å². The van der Waals surface area contributed by atoms with Crippen LogP contribution in [-0.4, -0.2) is 65.1 Å². The fourth-order valence-electron chi connectivity index (χ4n) is 6.38. The van der Waals surface area contributed by atoms with Gasteiger partial charge >= 0.3 is 0 Å². The van der Waals surface area contributed by atoms with Crippen molar-refractivity contribution in [1.82, 2.24) is 24.5 Å². The Morgan fingerprint density at radius 2 is 1.89 bits per heavy atom. The normalized spacial score (nSPS) is 24.6. The number of amides is 1. The highest BCUT2D eigenvalue weighted by Gasteiger charge is 2.44. The lowest BCUT2D eigenvalue weighted by Crippen LogP contribution is -2.47. The number of carbonyl (C=O) groups excluding carboxylic acids is 2. The van der Waals surface area contributed by atoms with Gasteiger partial charge in [0, 0.05) is 35.3 Å². The molecule has 2 saturated heterocycles. The summed E-state index contributed by atoms with van der Waals surface area (Å²) < 4.78 is 1.50. The van der Waals surface area contributed by atoms with Crippen molar-refractivity contribution in [3.8, 4) is 11.1 Å². The lowest BCUT2D eigenvalue weighted by molar-refractivity contribution is -0.138. The molecule has 2 aliphatic heterocycles. The molecule has 2 bridgehead atoms. The van der Waals surface area contributed by atoms with Gasteiger partial charge in [0.1, 0.15) is 18.0 Å². The molecule has 188 valence electrons. The fourth-order valence-corrected chi connectivity index (χ4v) is 6.38. The van der Waals surface area contributed by atoms with Gasteiger partial charge in [0.25, 0.3) is 0 Å². The highest BCUT2D eigenvalue weighted by molar-refractivity contribution is 6.00. The number of aliphatic hydroxyl groups is 2. The molecule has 0 aromatic carbocycles. The van der Waals surface area contributed by atoms with E-state index in [-0.39, 0.29) is 35.5 Å². The summed E-state index contributed by atoms with van der Waals surface area (Å²) in [5.74, 6) is -0.193. The van der Waals surface area contributed by atoms with Gasteiger partial charge in [-0.15, -0.1) is 0 Å². The predicted octanol–water partition coefficient (Wildman–Crippen LogP) is 2.18. The molecule has 3 aliphatic rings.